The van der Waals surface area contributed by atoms with E-state index in [1.807, 2.05) is 0 Å². The molecule has 0 spiro atoms. The Morgan fingerprint density at radius 1 is 0.960 bits per heavy atom. The molecule has 3 aliphatic rings. The molecule has 0 aliphatic heterocycles. The van der Waals surface area contributed by atoms with E-state index >= 15 is 0 Å². The summed E-state index contributed by atoms with van der Waals surface area (Å²) in [5.74, 6) is -1.69. The minimum Gasteiger partial charge on any atom is -0.467 e. The van der Waals surface area contributed by atoms with Gasteiger partial charge in [-0.2, -0.15) is 40.2 Å². The Labute approximate surface area is 286 Å². The number of benzene rings is 2. The van der Waals surface area contributed by atoms with Crippen molar-refractivity contribution in [1.82, 2.24) is 15.0 Å². The topological polar surface area (TPSA) is 267 Å². The maximum atomic E-state index is 13.6. The predicted octanol–water partition coefficient (Wildman–Crippen LogP) is 1.19. The quantitative estimate of drug-likeness (QED) is 0.0965. The van der Waals surface area contributed by atoms with Gasteiger partial charge in [0.05, 0.1) is 46.2 Å². The number of hydrogen-bond donors (Lipinski definition) is 5. The molecule has 0 saturated heterocycles. The fourth-order valence-corrected chi connectivity index (χ4v) is 7.08. The maximum Gasteiger partial charge on any atom is 0.322 e. The van der Waals surface area contributed by atoms with Crippen molar-refractivity contribution < 1.29 is 44.1 Å². The van der Waals surface area contributed by atoms with Crippen LogP contribution < -0.4 is 26.4 Å². The molecule has 6 N–H and O–H groups in total. The van der Waals surface area contributed by atoms with Gasteiger partial charge in [0.1, 0.15) is 9.76 Å². The first-order valence-corrected chi connectivity index (χ1v) is 17.8. The van der Waals surface area contributed by atoms with Crippen LogP contribution in [0.15, 0.2) is 83.1 Å². The molecule has 17 nitrogen and oxygen atoms in total. The van der Waals surface area contributed by atoms with E-state index < -0.39 is 64.5 Å². The number of nitrogens with two attached hydrogens (primary N) is 1. The van der Waals surface area contributed by atoms with Crippen molar-refractivity contribution in [2.45, 2.75) is 17.4 Å². The van der Waals surface area contributed by atoms with Crippen LogP contribution in [-0.2, 0) is 30.7 Å². The molecule has 3 aliphatic carbocycles. The molecule has 0 fully saturated rings. The number of allylic oxidation sites excluding steroid dienone is 5. The summed E-state index contributed by atoms with van der Waals surface area (Å²) in [6, 6.07) is 5.46. The van der Waals surface area contributed by atoms with E-state index in [9.17, 15) is 39.4 Å². The van der Waals surface area contributed by atoms with Crippen molar-refractivity contribution in [3.63, 3.8) is 0 Å². The Morgan fingerprint density at radius 2 is 1.64 bits per heavy atom. The first-order valence-electron chi connectivity index (χ1n) is 14.2. The molecule has 3 aromatic rings. The first kappa shape index (κ1) is 33.9. The molecule has 1 aromatic heterocycles. The lowest BCUT2D eigenvalue weighted by molar-refractivity contribution is 0.0980. The minimum absolute atomic E-state index is 0.0160. The minimum atomic E-state index is -5.00. The van der Waals surface area contributed by atoms with Crippen molar-refractivity contribution in [1.29, 1.82) is 0 Å². The Morgan fingerprint density at radius 3 is 2.28 bits per heavy atom. The molecule has 50 heavy (non-hydrogen) atoms. The summed E-state index contributed by atoms with van der Waals surface area (Å²) in [7, 11) is -9.13. The fourth-order valence-electron chi connectivity index (χ4n) is 5.34. The molecule has 1 unspecified atom stereocenters. The zero-order chi connectivity index (χ0) is 35.9. The van der Waals surface area contributed by atoms with Gasteiger partial charge in [-0.1, -0.05) is 42.5 Å². The molecule has 2 aromatic carbocycles. The second-order valence-corrected chi connectivity index (χ2v) is 13.9. The number of fused-ring (bicyclic) bond motifs is 2. The summed E-state index contributed by atoms with van der Waals surface area (Å²) in [5.41, 5.74) is 4.70. The summed E-state index contributed by atoms with van der Waals surface area (Å²) < 4.78 is 87.8. The van der Waals surface area contributed by atoms with E-state index in [0.717, 1.165) is 6.07 Å². The molecule has 256 valence electrons. The predicted molar refractivity (Wildman–Crippen MR) is 182 cm³/mol. The number of ether oxygens (including phenoxy) is 1. The fraction of sp³-hybridized carbons (Fsp3) is 0.100. The van der Waals surface area contributed by atoms with Crippen LogP contribution in [0.25, 0.3) is 0 Å². The third-order valence-electron chi connectivity index (χ3n) is 7.55. The molecule has 0 saturated carbocycles. The van der Waals surface area contributed by atoms with Crippen LogP contribution in [0.4, 0.5) is 23.3 Å². The van der Waals surface area contributed by atoms with E-state index in [1.54, 1.807) is 18.2 Å². The summed E-state index contributed by atoms with van der Waals surface area (Å²) >= 11 is 0. The molecule has 1 heterocycles. The van der Waals surface area contributed by atoms with Crippen LogP contribution in [0.1, 0.15) is 38.3 Å². The number of ketones is 2. The normalized spacial score (nSPS) is 16.6. The van der Waals surface area contributed by atoms with Gasteiger partial charge >= 0.3 is 6.01 Å². The van der Waals surface area contributed by atoms with E-state index in [-0.39, 0.29) is 67.8 Å². The maximum absolute atomic E-state index is 13.6. The standard InChI is InChI=1S/C30H23N7O10S3/c1-47-30-36-28(33-17-8-4-5-9-20(17)48(40)41)35-29(37-30)34-18-11-10-14(12-21(18)49(42)43)32-19-13-22(50(44,45)46)25(31)24-23(19)26(38)15-6-2-3-7-16(15)27(24)39/h2-8,10-13,18,32H,9,31H2,1H3,(H,44,45,46)(H2,33,34,35,36,37). The monoisotopic (exact) mass is 737 g/mol. The van der Waals surface area contributed by atoms with Gasteiger partial charge in [0.2, 0.25) is 32.5 Å². The second-order valence-electron chi connectivity index (χ2n) is 10.6. The van der Waals surface area contributed by atoms with Crippen molar-refractivity contribution in [2.75, 3.05) is 28.8 Å². The number of hydrogen-bond acceptors (Lipinski definition) is 16. The number of nitrogens with zero attached hydrogens (tertiary/aromatic N) is 3. The number of nitrogen functional groups attached to an aromatic ring is 1. The van der Waals surface area contributed by atoms with E-state index in [4.69, 9.17) is 10.5 Å². The SMILES string of the molecule is COc1nc(NC2=CC=CCC2=S(=O)=O)nc(NC2C=CC(Nc3cc(S(=O)(=O)O)c(N)c4c3C(=O)c3ccccc3C4=O)=CC2=S(=O)=O)n1. The molecule has 0 bridgehead atoms. The zero-order valence-corrected chi connectivity index (χ0v) is 27.8. The number of carbonyl (C=O) groups is 2. The lowest BCUT2D eigenvalue weighted by atomic mass is 9.82. The largest absolute Gasteiger partial charge is 0.467 e. The molecule has 6 rings (SSSR count). The molecular formula is C30H23N7O10S3. The Bertz CT molecular complexity index is 2560. The van der Waals surface area contributed by atoms with Crippen molar-refractivity contribution in [3.8, 4) is 6.01 Å². The number of carbonyl (C=O) groups excluding carboxylic acids is 2. The van der Waals surface area contributed by atoms with Gasteiger partial charge < -0.3 is 26.4 Å². The van der Waals surface area contributed by atoms with Crippen molar-refractivity contribution >= 4 is 75.3 Å². The highest BCUT2D eigenvalue weighted by Gasteiger charge is 2.36. The lowest BCUT2D eigenvalue weighted by Crippen LogP contribution is -2.31. The number of nitrogens with one attached hydrogen (secondary N) is 3. The third-order valence-corrected chi connectivity index (χ3v) is 9.99. The first-order chi connectivity index (χ1) is 23.8. The molecule has 0 amide bonds. The van der Waals surface area contributed by atoms with Gasteiger partial charge in [0.25, 0.3) is 10.1 Å². The van der Waals surface area contributed by atoms with Gasteiger partial charge in [0, 0.05) is 23.2 Å². The number of aromatic nitrogens is 3. The second kappa shape index (κ2) is 13.2. The molecule has 1 atom stereocenters. The Kier molecular flexibility index (Phi) is 8.93. The van der Waals surface area contributed by atoms with Gasteiger partial charge in [0.15, 0.2) is 11.6 Å². The van der Waals surface area contributed by atoms with Gasteiger partial charge in [-0.25, -0.2) is 0 Å². The molecule has 20 heteroatoms. The van der Waals surface area contributed by atoms with Crippen molar-refractivity contribution in [3.05, 3.63) is 100 Å². The smallest absolute Gasteiger partial charge is 0.322 e. The van der Waals surface area contributed by atoms with Crippen LogP contribution in [0, 0.1) is 0 Å². The van der Waals surface area contributed by atoms with Gasteiger partial charge in [-0.15, -0.1) is 0 Å². The number of rotatable bonds is 8. The van der Waals surface area contributed by atoms with Crippen LogP contribution in [0.5, 0.6) is 6.01 Å². The van der Waals surface area contributed by atoms with E-state index in [2.05, 4.69) is 30.9 Å². The highest BCUT2D eigenvalue weighted by atomic mass is 32.2. The highest BCUT2D eigenvalue weighted by molar-refractivity contribution is 7.86. The van der Waals surface area contributed by atoms with E-state index in [0.29, 0.717) is 0 Å². The van der Waals surface area contributed by atoms with Crippen LogP contribution >= 0.6 is 0 Å². The molecular weight excluding hydrogens is 715 g/mol. The van der Waals surface area contributed by atoms with E-state index in [1.165, 1.54) is 49.6 Å². The third kappa shape index (κ3) is 6.42. The average Bonchev–Trinajstić information content (AvgIpc) is 3.07. The Hall–Kier alpha value is -5.96. The lowest BCUT2D eigenvalue weighted by Gasteiger charge is -2.25. The van der Waals surface area contributed by atoms with Crippen LogP contribution in [-0.4, -0.2) is 79.2 Å². The number of anilines is 4. The number of methoxy groups -OCH3 is 1. The summed E-state index contributed by atoms with van der Waals surface area (Å²) in [5, 5.41) is 8.43. The average molecular weight is 738 g/mol. The van der Waals surface area contributed by atoms with Crippen LogP contribution in [0.2, 0.25) is 0 Å². The molecule has 0 radical (unpaired) electrons. The zero-order valence-electron chi connectivity index (χ0n) is 25.4. The van der Waals surface area contributed by atoms with Gasteiger partial charge in [-0.05, 0) is 24.3 Å². The van der Waals surface area contributed by atoms with Gasteiger partial charge in [-0.3, -0.25) is 14.1 Å². The summed E-state index contributed by atoms with van der Waals surface area (Å²) in [6.07, 6.45) is 8.88. The van der Waals surface area contributed by atoms with Crippen molar-refractivity contribution in [2.24, 2.45) is 0 Å². The summed E-state index contributed by atoms with van der Waals surface area (Å²) in [6.45, 7) is 0. The van der Waals surface area contributed by atoms with Crippen LogP contribution in [0.3, 0.4) is 0 Å². The summed E-state index contributed by atoms with van der Waals surface area (Å²) in [4.78, 5) is 38.4. The Balaban J connectivity index is 1.34. The highest BCUT2D eigenvalue weighted by Crippen LogP contribution is 2.39.